The summed E-state index contributed by atoms with van der Waals surface area (Å²) in [6.07, 6.45) is 0.833. The van der Waals surface area contributed by atoms with Crippen LogP contribution in [0.25, 0.3) is 0 Å². The van der Waals surface area contributed by atoms with Crippen molar-refractivity contribution >= 4 is 11.9 Å². The van der Waals surface area contributed by atoms with Crippen LogP contribution < -0.4 is 15.4 Å². The zero-order chi connectivity index (χ0) is 19.6. The molecule has 2 rings (SSSR count). The van der Waals surface area contributed by atoms with Gasteiger partial charge in [-0.2, -0.15) is 0 Å². The average Bonchev–Trinajstić information content (AvgIpc) is 2.70. The number of ether oxygens (including phenoxy) is 2. The van der Waals surface area contributed by atoms with Gasteiger partial charge in [-0.05, 0) is 42.7 Å². The molecule has 0 aliphatic heterocycles. The number of esters is 1. The number of hydrogen-bond donors (Lipinski definition) is 2. The molecule has 0 radical (unpaired) electrons. The van der Waals surface area contributed by atoms with E-state index in [-0.39, 0.29) is 5.97 Å². The molecule has 6 nitrogen and oxygen atoms in total. The molecular weight excluding hydrogens is 342 g/mol. The lowest BCUT2D eigenvalue weighted by molar-refractivity contribution is 0.0600. The molecule has 0 unspecified atom stereocenters. The molecule has 0 fully saturated rings. The Hall–Kier alpha value is -3.02. The average molecular weight is 369 g/mol. The summed E-state index contributed by atoms with van der Waals surface area (Å²) in [4.78, 5) is 15.7. The van der Waals surface area contributed by atoms with Crippen molar-refractivity contribution in [3.05, 3.63) is 64.7 Å². The lowest BCUT2D eigenvalue weighted by atomic mass is 10.1. The number of carbonyl (C=O) groups excluding carboxylic acids is 1. The number of nitrogens with zero attached hydrogens (tertiary/aromatic N) is 1. The second-order valence-corrected chi connectivity index (χ2v) is 6.11. The fourth-order valence-corrected chi connectivity index (χ4v) is 2.70. The Morgan fingerprint density at radius 2 is 1.81 bits per heavy atom. The van der Waals surface area contributed by atoms with Crippen molar-refractivity contribution in [3.63, 3.8) is 0 Å². The van der Waals surface area contributed by atoms with E-state index in [4.69, 9.17) is 9.47 Å². The van der Waals surface area contributed by atoms with Crippen molar-refractivity contribution in [1.29, 1.82) is 0 Å². The highest BCUT2D eigenvalue weighted by Crippen LogP contribution is 2.19. The lowest BCUT2D eigenvalue weighted by Gasteiger charge is -2.14. The summed E-state index contributed by atoms with van der Waals surface area (Å²) in [7, 11) is 4.80. The molecule has 0 atom stereocenters. The first-order valence-corrected chi connectivity index (χ1v) is 8.82. The van der Waals surface area contributed by atoms with E-state index < -0.39 is 0 Å². The van der Waals surface area contributed by atoms with E-state index in [1.165, 1.54) is 18.2 Å². The maximum absolute atomic E-state index is 11.5. The first-order chi connectivity index (χ1) is 13.1. The maximum atomic E-state index is 11.5. The van der Waals surface area contributed by atoms with Gasteiger partial charge >= 0.3 is 5.97 Å². The van der Waals surface area contributed by atoms with E-state index in [2.05, 4.69) is 28.6 Å². The minimum atomic E-state index is -0.335. The lowest BCUT2D eigenvalue weighted by Crippen LogP contribution is -2.37. The number of carbonyl (C=O) groups is 1. The molecule has 0 aliphatic carbocycles. The quantitative estimate of drug-likeness (QED) is 0.446. The van der Waals surface area contributed by atoms with Crippen LogP contribution >= 0.6 is 0 Å². The van der Waals surface area contributed by atoms with Crippen LogP contribution in [-0.4, -0.2) is 39.7 Å². The SMILES string of the molecule is CN=C(NCCc1cc(C)ccc1OC)NCc1ccc(C(=O)OC)cc1. The smallest absolute Gasteiger partial charge is 0.337 e. The zero-order valence-corrected chi connectivity index (χ0v) is 16.3. The number of nitrogens with one attached hydrogen (secondary N) is 2. The zero-order valence-electron chi connectivity index (χ0n) is 16.3. The van der Waals surface area contributed by atoms with Gasteiger partial charge in [0.1, 0.15) is 5.75 Å². The summed E-state index contributed by atoms with van der Waals surface area (Å²) in [5, 5.41) is 6.57. The molecule has 0 aromatic heterocycles. The van der Waals surface area contributed by atoms with Crippen molar-refractivity contribution in [2.45, 2.75) is 19.9 Å². The topological polar surface area (TPSA) is 72.0 Å². The van der Waals surface area contributed by atoms with Crippen LogP contribution in [0.4, 0.5) is 0 Å². The molecule has 6 heteroatoms. The highest BCUT2D eigenvalue weighted by Gasteiger charge is 2.06. The van der Waals surface area contributed by atoms with E-state index in [1.807, 2.05) is 24.3 Å². The standard InChI is InChI=1S/C21H27N3O3/c1-15-5-10-19(26-3)18(13-15)11-12-23-21(22-2)24-14-16-6-8-17(9-7-16)20(25)27-4/h5-10,13H,11-12,14H2,1-4H3,(H2,22,23,24). The van der Waals surface area contributed by atoms with Gasteiger partial charge in [-0.1, -0.05) is 29.8 Å². The number of methoxy groups -OCH3 is 2. The largest absolute Gasteiger partial charge is 0.496 e. The fraction of sp³-hybridized carbons (Fsp3) is 0.333. The van der Waals surface area contributed by atoms with E-state index >= 15 is 0 Å². The van der Waals surface area contributed by atoms with Crippen LogP contribution in [0, 0.1) is 6.92 Å². The molecule has 0 saturated carbocycles. The molecule has 2 N–H and O–H groups in total. The molecule has 0 bridgehead atoms. The van der Waals surface area contributed by atoms with Crippen LogP contribution in [-0.2, 0) is 17.7 Å². The van der Waals surface area contributed by atoms with Crippen molar-refractivity contribution < 1.29 is 14.3 Å². The first kappa shape index (κ1) is 20.3. The number of aliphatic imine (C=N–C) groups is 1. The minimum Gasteiger partial charge on any atom is -0.496 e. The van der Waals surface area contributed by atoms with Crippen molar-refractivity contribution in [2.24, 2.45) is 4.99 Å². The normalized spacial score (nSPS) is 11.0. The predicted molar refractivity (Wildman–Crippen MR) is 107 cm³/mol. The van der Waals surface area contributed by atoms with Crippen molar-refractivity contribution in [3.8, 4) is 5.75 Å². The number of rotatable bonds is 7. The van der Waals surface area contributed by atoms with Gasteiger partial charge < -0.3 is 20.1 Å². The second-order valence-electron chi connectivity index (χ2n) is 6.11. The van der Waals surface area contributed by atoms with Crippen molar-refractivity contribution in [1.82, 2.24) is 10.6 Å². The Morgan fingerprint density at radius 3 is 2.44 bits per heavy atom. The highest BCUT2D eigenvalue weighted by atomic mass is 16.5. The number of benzene rings is 2. The summed E-state index contributed by atoms with van der Waals surface area (Å²) in [5.74, 6) is 1.29. The van der Waals surface area contributed by atoms with E-state index in [9.17, 15) is 4.79 Å². The van der Waals surface area contributed by atoms with Gasteiger partial charge in [0.25, 0.3) is 0 Å². The molecular formula is C21H27N3O3. The molecule has 0 aliphatic rings. The third-order valence-electron chi connectivity index (χ3n) is 4.18. The summed E-state index contributed by atoms with van der Waals surface area (Å²) in [5.41, 5.74) is 3.96. The molecule has 2 aromatic rings. The Bertz CT molecular complexity index is 786. The summed E-state index contributed by atoms with van der Waals surface area (Å²) in [6.45, 7) is 3.41. The Labute approximate surface area is 160 Å². The monoisotopic (exact) mass is 369 g/mol. The van der Waals surface area contributed by atoms with E-state index in [1.54, 1.807) is 26.3 Å². The number of hydrogen-bond acceptors (Lipinski definition) is 4. The first-order valence-electron chi connectivity index (χ1n) is 8.82. The summed E-state index contributed by atoms with van der Waals surface area (Å²) >= 11 is 0. The summed E-state index contributed by atoms with van der Waals surface area (Å²) in [6, 6.07) is 13.5. The van der Waals surface area contributed by atoms with Crippen LogP contribution in [0.1, 0.15) is 27.0 Å². The van der Waals surface area contributed by atoms with Gasteiger partial charge in [0.15, 0.2) is 5.96 Å². The molecule has 0 heterocycles. The van der Waals surface area contributed by atoms with Crippen LogP contribution in [0.3, 0.4) is 0 Å². The minimum absolute atomic E-state index is 0.335. The van der Waals surface area contributed by atoms with Gasteiger partial charge in [0.2, 0.25) is 0 Å². The molecule has 0 saturated heterocycles. The Kier molecular flexibility index (Phi) is 7.67. The molecule has 2 aromatic carbocycles. The number of aryl methyl sites for hydroxylation is 1. The molecule has 27 heavy (non-hydrogen) atoms. The predicted octanol–water partition coefficient (Wildman–Crippen LogP) is 2.70. The van der Waals surface area contributed by atoms with Gasteiger partial charge in [0.05, 0.1) is 19.8 Å². The summed E-state index contributed by atoms with van der Waals surface area (Å²) < 4.78 is 10.1. The second kappa shape index (κ2) is 10.2. The third-order valence-corrected chi connectivity index (χ3v) is 4.18. The van der Waals surface area contributed by atoms with Gasteiger partial charge in [0, 0.05) is 20.1 Å². The van der Waals surface area contributed by atoms with E-state index in [0.717, 1.165) is 30.2 Å². The highest BCUT2D eigenvalue weighted by molar-refractivity contribution is 5.89. The van der Waals surface area contributed by atoms with Gasteiger partial charge in [-0.3, -0.25) is 4.99 Å². The molecule has 0 spiro atoms. The van der Waals surface area contributed by atoms with E-state index in [0.29, 0.717) is 12.1 Å². The Morgan fingerprint density at radius 1 is 1.07 bits per heavy atom. The van der Waals surface area contributed by atoms with Crippen LogP contribution in [0.2, 0.25) is 0 Å². The number of guanidine groups is 1. The molecule has 144 valence electrons. The maximum Gasteiger partial charge on any atom is 0.337 e. The van der Waals surface area contributed by atoms with Crippen LogP contribution in [0.5, 0.6) is 5.75 Å². The third kappa shape index (κ3) is 6.02. The van der Waals surface area contributed by atoms with Gasteiger partial charge in [-0.15, -0.1) is 0 Å². The van der Waals surface area contributed by atoms with Crippen LogP contribution in [0.15, 0.2) is 47.5 Å². The molecule has 0 amide bonds. The van der Waals surface area contributed by atoms with Crippen molar-refractivity contribution in [2.75, 3.05) is 27.8 Å². The van der Waals surface area contributed by atoms with Gasteiger partial charge in [-0.25, -0.2) is 4.79 Å². The fourth-order valence-electron chi connectivity index (χ4n) is 2.70. The Balaban J connectivity index is 1.84.